The molecular formula is C12H14N2O5. The number of aromatic carboxylic acids is 1. The van der Waals surface area contributed by atoms with E-state index in [0.29, 0.717) is 5.75 Å². The van der Waals surface area contributed by atoms with E-state index >= 15 is 0 Å². The number of benzene rings is 1. The van der Waals surface area contributed by atoms with E-state index in [9.17, 15) is 14.4 Å². The second-order valence-electron chi connectivity index (χ2n) is 3.67. The molecule has 0 saturated carbocycles. The Morgan fingerprint density at radius 3 is 2.53 bits per heavy atom. The number of anilines is 1. The van der Waals surface area contributed by atoms with Crippen LogP contribution in [0.25, 0.3) is 0 Å². The van der Waals surface area contributed by atoms with Crippen LogP contribution >= 0.6 is 0 Å². The van der Waals surface area contributed by atoms with Gasteiger partial charge in [0.1, 0.15) is 5.75 Å². The Hall–Kier alpha value is -2.57. The quantitative estimate of drug-likeness (QED) is 0.718. The van der Waals surface area contributed by atoms with Crippen LogP contribution in [-0.4, -0.2) is 36.5 Å². The third-order valence-corrected chi connectivity index (χ3v) is 2.23. The molecule has 1 aromatic carbocycles. The zero-order chi connectivity index (χ0) is 14.4. The maximum Gasteiger partial charge on any atom is 0.337 e. The smallest absolute Gasteiger partial charge is 0.337 e. The Kier molecular flexibility index (Phi) is 4.87. The highest BCUT2D eigenvalue weighted by atomic mass is 16.5. The van der Waals surface area contributed by atoms with Crippen molar-refractivity contribution in [2.45, 2.75) is 6.92 Å². The first-order valence-electron chi connectivity index (χ1n) is 5.39. The minimum atomic E-state index is -1.19. The molecule has 0 spiro atoms. The first-order valence-corrected chi connectivity index (χ1v) is 5.39. The van der Waals surface area contributed by atoms with Gasteiger partial charge in [0.2, 0.25) is 11.8 Å². The molecule has 0 heterocycles. The van der Waals surface area contributed by atoms with E-state index in [1.54, 1.807) is 0 Å². The third kappa shape index (κ3) is 4.30. The Balaban J connectivity index is 2.85. The summed E-state index contributed by atoms with van der Waals surface area (Å²) >= 11 is 0. The number of ether oxygens (including phenoxy) is 1. The predicted molar refractivity (Wildman–Crippen MR) is 67.3 cm³/mol. The molecule has 0 aliphatic carbocycles. The van der Waals surface area contributed by atoms with Gasteiger partial charge in [0.15, 0.2) is 0 Å². The maximum absolute atomic E-state index is 11.5. The molecule has 0 unspecified atom stereocenters. The van der Waals surface area contributed by atoms with Crippen LogP contribution in [0, 0.1) is 0 Å². The molecule has 0 saturated heterocycles. The zero-order valence-corrected chi connectivity index (χ0v) is 10.5. The van der Waals surface area contributed by atoms with Gasteiger partial charge in [-0.2, -0.15) is 0 Å². The standard InChI is InChI=1S/C12H14N2O5/c1-7(15)13-6-11(16)14-10-4-3-8(19-2)5-9(10)12(17)18/h3-5H,6H2,1-2H3,(H,13,15)(H,14,16)(H,17,18). The summed E-state index contributed by atoms with van der Waals surface area (Å²) in [7, 11) is 1.41. The van der Waals surface area contributed by atoms with E-state index in [2.05, 4.69) is 10.6 Å². The lowest BCUT2D eigenvalue weighted by atomic mass is 10.1. The van der Waals surface area contributed by atoms with Gasteiger partial charge >= 0.3 is 5.97 Å². The molecule has 0 fully saturated rings. The van der Waals surface area contributed by atoms with Crippen LogP contribution in [-0.2, 0) is 9.59 Å². The van der Waals surface area contributed by atoms with Gasteiger partial charge in [-0.1, -0.05) is 0 Å². The van der Waals surface area contributed by atoms with Crippen LogP contribution in [0.2, 0.25) is 0 Å². The molecule has 0 radical (unpaired) electrons. The van der Waals surface area contributed by atoms with E-state index in [1.807, 2.05) is 0 Å². The fraction of sp³-hybridized carbons (Fsp3) is 0.250. The van der Waals surface area contributed by atoms with Gasteiger partial charge < -0.3 is 20.5 Å². The molecule has 7 heteroatoms. The van der Waals surface area contributed by atoms with Crippen molar-refractivity contribution in [1.82, 2.24) is 5.32 Å². The molecule has 19 heavy (non-hydrogen) atoms. The highest BCUT2D eigenvalue weighted by molar-refractivity contribution is 6.02. The summed E-state index contributed by atoms with van der Waals surface area (Å²) in [6.07, 6.45) is 0. The topological polar surface area (TPSA) is 105 Å². The summed E-state index contributed by atoms with van der Waals surface area (Å²) in [5.41, 5.74) is 0.0548. The van der Waals surface area contributed by atoms with Crippen LogP contribution in [0.15, 0.2) is 18.2 Å². The minimum absolute atomic E-state index is 0.0875. The zero-order valence-electron chi connectivity index (χ0n) is 10.5. The van der Waals surface area contributed by atoms with Crippen LogP contribution in [0.3, 0.4) is 0 Å². The normalized spacial score (nSPS) is 9.58. The van der Waals surface area contributed by atoms with Crippen molar-refractivity contribution in [3.8, 4) is 5.75 Å². The van der Waals surface area contributed by atoms with Gasteiger partial charge in [0.05, 0.1) is 24.9 Å². The molecule has 2 amide bonds. The van der Waals surface area contributed by atoms with E-state index in [1.165, 1.54) is 32.2 Å². The monoisotopic (exact) mass is 266 g/mol. The van der Waals surface area contributed by atoms with E-state index in [4.69, 9.17) is 9.84 Å². The van der Waals surface area contributed by atoms with Crippen molar-refractivity contribution >= 4 is 23.5 Å². The molecule has 0 aromatic heterocycles. The number of amides is 2. The van der Waals surface area contributed by atoms with Crippen molar-refractivity contribution in [2.24, 2.45) is 0 Å². The fourth-order valence-corrected chi connectivity index (χ4v) is 1.34. The lowest BCUT2D eigenvalue weighted by Gasteiger charge is -2.10. The minimum Gasteiger partial charge on any atom is -0.497 e. The average Bonchev–Trinajstić information content (AvgIpc) is 2.36. The van der Waals surface area contributed by atoms with Crippen molar-refractivity contribution in [2.75, 3.05) is 19.0 Å². The Labute approximate surface area is 109 Å². The molecule has 0 aliphatic heterocycles. The third-order valence-electron chi connectivity index (χ3n) is 2.23. The molecule has 0 bridgehead atoms. The summed E-state index contributed by atoms with van der Waals surface area (Å²) < 4.78 is 4.91. The SMILES string of the molecule is COc1ccc(NC(=O)CNC(C)=O)c(C(=O)O)c1. The summed E-state index contributed by atoms with van der Waals surface area (Å²) in [5.74, 6) is -1.67. The fourth-order valence-electron chi connectivity index (χ4n) is 1.34. The Morgan fingerprint density at radius 2 is 2.00 bits per heavy atom. The summed E-state index contributed by atoms with van der Waals surface area (Å²) in [6, 6.07) is 4.25. The van der Waals surface area contributed by atoms with Gasteiger partial charge in [-0.15, -0.1) is 0 Å². The first-order chi connectivity index (χ1) is 8.93. The Morgan fingerprint density at radius 1 is 1.32 bits per heavy atom. The van der Waals surface area contributed by atoms with E-state index in [-0.39, 0.29) is 23.7 Å². The maximum atomic E-state index is 11.5. The highest BCUT2D eigenvalue weighted by Crippen LogP contribution is 2.21. The number of carboxylic acids is 1. The average molecular weight is 266 g/mol. The lowest BCUT2D eigenvalue weighted by molar-refractivity contribution is -0.122. The van der Waals surface area contributed by atoms with Gasteiger partial charge in [0.25, 0.3) is 0 Å². The van der Waals surface area contributed by atoms with Crippen molar-refractivity contribution < 1.29 is 24.2 Å². The van der Waals surface area contributed by atoms with Crippen molar-refractivity contribution in [1.29, 1.82) is 0 Å². The van der Waals surface area contributed by atoms with Crippen molar-refractivity contribution in [3.05, 3.63) is 23.8 Å². The second-order valence-corrected chi connectivity index (χ2v) is 3.67. The van der Waals surface area contributed by atoms with Gasteiger partial charge in [-0.3, -0.25) is 9.59 Å². The summed E-state index contributed by atoms with van der Waals surface area (Å²) in [6.45, 7) is 1.06. The van der Waals surface area contributed by atoms with Crippen molar-refractivity contribution in [3.63, 3.8) is 0 Å². The Bertz CT molecular complexity index is 513. The molecule has 7 nitrogen and oxygen atoms in total. The van der Waals surface area contributed by atoms with E-state index in [0.717, 1.165) is 0 Å². The molecule has 0 atom stereocenters. The summed E-state index contributed by atoms with van der Waals surface area (Å²) in [5, 5.41) is 13.8. The number of hydrogen-bond acceptors (Lipinski definition) is 4. The number of methoxy groups -OCH3 is 1. The van der Waals surface area contributed by atoms with Crippen LogP contribution in [0.5, 0.6) is 5.75 Å². The number of carbonyl (C=O) groups excluding carboxylic acids is 2. The second kappa shape index (κ2) is 6.39. The molecule has 1 rings (SSSR count). The number of rotatable bonds is 5. The molecule has 1 aromatic rings. The van der Waals surface area contributed by atoms with Gasteiger partial charge in [0, 0.05) is 6.92 Å². The molecule has 3 N–H and O–H groups in total. The predicted octanol–water partition coefficient (Wildman–Crippen LogP) is 0.468. The van der Waals surface area contributed by atoms with Crippen LogP contribution < -0.4 is 15.4 Å². The molecule has 102 valence electrons. The lowest BCUT2D eigenvalue weighted by Crippen LogP contribution is -2.31. The number of nitrogens with one attached hydrogen (secondary N) is 2. The summed E-state index contributed by atoms with van der Waals surface area (Å²) in [4.78, 5) is 33.2. The van der Waals surface area contributed by atoms with Crippen LogP contribution in [0.1, 0.15) is 17.3 Å². The number of hydrogen-bond donors (Lipinski definition) is 3. The van der Waals surface area contributed by atoms with E-state index < -0.39 is 11.9 Å². The van der Waals surface area contributed by atoms with Crippen LogP contribution in [0.4, 0.5) is 5.69 Å². The largest absolute Gasteiger partial charge is 0.497 e. The van der Waals surface area contributed by atoms with Gasteiger partial charge in [-0.05, 0) is 18.2 Å². The highest BCUT2D eigenvalue weighted by Gasteiger charge is 2.13. The molecule has 0 aliphatic rings. The van der Waals surface area contributed by atoms with Gasteiger partial charge in [-0.25, -0.2) is 4.79 Å². The first kappa shape index (κ1) is 14.5. The number of carboxylic acid groups (broad SMARTS) is 1. The number of carbonyl (C=O) groups is 3. The molecular weight excluding hydrogens is 252 g/mol.